The first-order chi connectivity index (χ1) is 6.15. The quantitative estimate of drug-likeness (QED) is 0.465. The van der Waals surface area contributed by atoms with Crippen LogP contribution in [0.2, 0.25) is 0 Å². The SMILES string of the molecule is CO[C@@H]1O[C@H]2[C@H](OC(=O)[C@H]2O)[C@H]1O. The van der Waals surface area contributed by atoms with Gasteiger partial charge in [-0.2, -0.15) is 0 Å². The Balaban J connectivity index is 2.14. The Morgan fingerprint density at radius 1 is 1.38 bits per heavy atom. The van der Waals surface area contributed by atoms with Crippen LogP contribution in [-0.4, -0.2) is 54.0 Å². The minimum Gasteiger partial charge on any atom is -0.454 e. The summed E-state index contributed by atoms with van der Waals surface area (Å²) in [6, 6.07) is 0. The van der Waals surface area contributed by atoms with Crippen molar-refractivity contribution in [1.82, 2.24) is 0 Å². The number of aliphatic hydroxyl groups is 2. The van der Waals surface area contributed by atoms with Gasteiger partial charge in [-0.05, 0) is 0 Å². The van der Waals surface area contributed by atoms with E-state index in [-0.39, 0.29) is 0 Å². The summed E-state index contributed by atoms with van der Waals surface area (Å²) in [7, 11) is 1.36. The van der Waals surface area contributed by atoms with Crippen molar-refractivity contribution in [3.05, 3.63) is 0 Å². The fourth-order valence-corrected chi connectivity index (χ4v) is 1.59. The van der Waals surface area contributed by atoms with Gasteiger partial charge in [0, 0.05) is 7.11 Å². The molecule has 2 N–H and O–H groups in total. The predicted octanol–water partition coefficient (Wildman–Crippen LogP) is -2.00. The molecule has 0 aromatic carbocycles. The van der Waals surface area contributed by atoms with Crippen LogP contribution >= 0.6 is 0 Å². The molecule has 0 radical (unpaired) electrons. The van der Waals surface area contributed by atoms with Crippen molar-refractivity contribution >= 4 is 5.97 Å². The van der Waals surface area contributed by atoms with Gasteiger partial charge >= 0.3 is 5.97 Å². The lowest BCUT2D eigenvalue weighted by molar-refractivity contribution is -0.177. The van der Waals surface area contributed by atoms with Crippen molar-refractivity contribution in [3.8, 4) is 0 Å². The van der Waals surface area contributed by atoms with E-state index in [1.807, 2.05) is 0 Å². The van der Waals surface area contributed by atoms with E-state index in [0.717, 1.165) is 0 Å². The summed E-state index contributed by atoms with van der Waals surface area (Å²) < 4.78 is 14.5. The summed E-state index contributed by atoms with van der Waals surface area (Å²) in [5, 5.41) is 18.7. The molecule has 2 aliphatic heterocycles. The summed E-state index contributed by atoms with van der Waals surface area (Å²) in [4.78, 5) is 10.8. The lowest BCUT2D eigenvalue weighted by Crippen LogP contribution is -2.32. The van der Waals surface area contributed by atoms with Crippen LogP contribution in [0.5, 0.6) is 0 Å². The fraction of sp³-hybridized carbons (Fsp3) is 0.857. The second-order valence-electron chi connectivity index (χ2n) is 3.04. The smallest absolute Gasteiger partial charge is 0.338 e. The average Bonchev–Trinajstić information content (AvgIpc) is 2.56. The normalized spacial score (nSPS) is 49.2. The molecular formula is C7H10O6. The number of hydrogen-bond acceptors (Lipinski definition) is 6. The first-order valence-electron chi connectivity index (χ1n) is 3.90. The molecule has 0 unspecified atom stereocenters. The van der Waals surface area contributed by atoms with Gasteiger partial charge in [0.05, 0.1) is 0 Å². The van der Waals surface area contributed by atoms with E-state index >= 15 is 0 Å². The van der Waals surface area contributed by atoms with Crippen molar-refractivity contribution in [1.29, 1.82) is 0 Å². The van der Waals surface area contributed by atoms with Gasteiger partial charge in [0.15, 0.2) is 18.5 Å². The number of hydrogen-bond donors (Lipinski definition) is 2. The molecule has 6 heteroatoms. The van der Waals surface area contributed by atoms with E-state index in [1.165, 1.54) is 7.11 Å². The van der Waals surface area contributed by atoms with Crippen LogP contribution in [0.3, 0.4) is 0 Å². The second-order valence-corrected chi connectivity index (χ2v) is 3.04. The highest BCUT2D eigenvalue weighted by atomic mass is 16.7. The molecule has 0 aliphatic carbocycles. The van der Waals surface area contributed by atoms with Crippen molar-refractivity contribution in [2.24, 2.45) is 0 Å². The molecule has 0 aromatic heterocycles. The maximum absolute atomic E-state index is 10.8. The summed E-state index contributed by atoms with van der Waals surface area (Å²) in [5.41, 5.74) is 0. The van der Waals surface area contributed by atoms with Gasteiger partial charge in [0.2, 0.25) is 0 Å². The first kappa shape index (κ1) is 8.89. The highest BCUT2D eigenvalue weighted by molar-refractivity contribution is 5.78. The largest absolute Gasteiger partial charge is 0.454 e. The van der Waals surface area contributed by atoms with Gasteiger partial charge in [-0.1, -0.05) is 0 Å². The molecule has 5 atom stereocenters. The number of aliphatic hydroxyl groups excluding tert-OH is 2. The van der Waals surface area contributed by atoms with Crippen LogP contribution in [-0.2, 0) is 19.0 Å². The maximum Gasteiger partial charge on any atom is 0.338 e. The summed E-state index contributed by atoms with van der Waals surface area (Å²) in [6.45, 7) is 0. The van der Waals surface area contributed by atoms with E-state index in [0.29, 0.717) is 0 Å². The van der Waals surface area contributed by atoms with Gasteiger partial charge in [-0.25, -0.2) is 4.79 Å². The Hall–Kier alpha value is -0.690. The maximum atomic E-state index is 10.8. The number of methoxy groups -OCH3 is 1. The molecule has 2 aliphatic rings. The van der Waals surface area contributed by atoms with Gasteiger partial charge < -0.3 is 24.4 Å². The third kappa shape index (κ3) is 1.14. The zero-order valence-electron chi connectivity index (χ0n) is 6.91. The van der Waals surface area contributed by atoms with Crippen LogP contribution in [0, 0.1) is 0 Å². The number of carbonyl (C=O) groups excluding carboxylic acids is 1. The standard InChI is InChI=1S/C7H10O6/c1-11-7-3(9)5-4(13-7)2(8)6(10)12-5/h2-5,7-9H,1H3/t2-,3+,4+,5+,7+/m0/s1. The van der Waals surface area contributed by atoms with Gasteiger partial charge in [-0.15, -0.1) is 0 Å². The molecule has 13 heavy (non-hydrogen) atoms. The van der Waals surface area contributed by atoms with Crippen LogP contribution in [0.4, 0.5) is 0 Å². The van der Waals surface area contributed by atoms with Crippen LogP contribution in [0.15, 0.2) is 0 Å². The van der Waals surface area contributed by atoms with E-state index < -0.39 is 36.7 Å². The fourth-order valence-electron chi connectivity index (χ4n) is 1.59. The Kier molecular flexibility index (Phi) is 1.99. The van der Waals surface area contributed by atoms with Crippen LogP contribution in [0.25, 0.3) is 0 Å². The van der Waals surface area contributed by atoms with Gasteiger partial charge in [-0.3, -0.25) is 0 Å². The second kappa shape index (κ2) is 2.91. The van der Waals surface area contributed by atoms with Gasteiger partial charge in [0.25, 0.3) is 0 Å². The zero-order chi connectivity index (χ0) is 9.59. The molecule has 2 fully saturated rings. The lowest BCUT2D eigenvalue weighted by atomic mass is 10.1. The van der Waals surface area contributed by atoms with Crippen LogP contribution < -0.4 is 0 Å². The molecule has 0 spiro atoms. The Bertz CT molecular complexity index is 229. The van der Waals surface area contributed by atoms with E-state index in [1.54, 1.807) is 0 Å². The molecule has 2 saturated heterocycles. The van der Waals surface area contributed by atoms with E-state index in [4.69, 9.17) is 14.2 Å². The summed E-state index contributed by atoms with van der Waals surface area (Å²) in [5.74, 6) is -0.761. The van der Waals surface area contributed by atoms with Crippen molar-refractivity contribution in [2.45, 2.75) is 30.7 Å². The minimum absolute atomic E-state index is 0.761. The monoisotopic (exact) mass is 190 g/mol. The molecule has 2 heterocycles. The number of rotatable bonds is 1. The predicted molar refractivity (Wildman–Crippen MR) is 37.6 cm³/mol. The molecule has 2 rings (SSSR count). The molecule has 0 bridgehead atoms. The van der Waals surface area contributed by atoms with Crippen molar-refractivity contribution < 1.29 is 29.2 Å². The van der Waals surface area contributed by atoms with E-state index in [9.17, 15) is 15.0 Å². The number of fused-ring (bicyclic) bond motifs is 1. The third-order valence-electron chi connectivity index (χ3n) is 2.27. The number of esters is 1. The third-order valence-corrected chi connectivity index (χ3v) is 2.27. The zero-order valence-corrected chi connectivity index (χ0v) is 6.91. The number of carbonyl (C=O) groups is 1. The number of ether oxygens (including phenoxy) is 3. The lowest BCUT2D eigenvalue weighted by Gasteiger charge is -2.14. The molecular weight excluding hydrogens is 180 g/mol. The highest BCUT2D eigenvalue weighted by Gasteiger charge is 2.56. The minimum atomic E-state index is -1.32. The Morgan fingerprint density at radius 3 is 2.62 bits per heavy atom. The first-order valence-corrected chi connectivity index (χ1v) is 3.90. The molecule has 0 saturated carbocycles. The summed E-state index contributed by atoms with van der Waals surface area (Å²) in [6.07, 6.45) is -4.81. The van der Waals surface area contributed by atoms with E-state index in [2.05, 4.69) is 0 Å². The molecule has 0 aromatic rings. The van der Waals surface area contributed by atoms with Crippen molar-refractivity contribution in [2.75, 3.05) is 7.11 Å². The topological polar surface area (TPSA) is 85.2 Å². The Labute approximate surface area is 74.0 Å². The average molecular weight is 190 g/mol. The van der Waals surface area contributed by atoms with Crippen LogP contribution in [0.1, 0.15) is 0 Å². The molecule has 6 nitrogen and oxygen atoms in total. The summed E-state index contributed by atoms with van der Waals surface area (Å²) >= 11 is 0. The van der Waals surface area contributed by atoms with Gasteiger partial charge in [0.1, 0.15) is 12.2 Å². The van der Waals surface area contributed by atoms with Crippen molar-refractivity contribution in [3.63, 3.8) is 0 Å². The highest BCUT2D eigenvalue weighted by Crippen LogP contribution is 2.31. The Morgan fingerprint density at radius 2 is 2.08 bits per heavy atom. The molecule has 0 amide bonds. The molecule has 74 valence electrons.